The van der Waals surface area contributed by atoms with E-state index in [1.165, 1.54) is 0 Å². The maximum atomic E-state index is 10.5. The molecule has 0 aliphatic rings. The molecular weight excluding hydrogens is 192 g/mol. The number of carbonyl (C=O) groups excluding carboxylic acids is 1. The minimum absolute atomic E-state index is 0.0215. The number of hydrogen-bond acceptors (Lipinski definition) is 3. The smallest absolute Gasteiger partial charge is 0.364 e. The average Bonchev–Trinajstić information content (AvgIpc) is 2.26. The Bertz CT molecular complexity index is 394. The molecule has 0 heterocycles. The van der Waals surface area contributed by atoms with Gasteiger partial charge in [0.1, 0.15) is 0 Å². The van der Waals surface area contributed by atoms with Gasteiger partial charge in [0.05, 0.1) is 16.7 Å². The highest BCUT2D eigenvalue weighted by molar-refractivity contribution is 6.32. The number of rotatable bonds is 4. The van der Waals surface area contributed by atoms with Gasteiger partial charge >= 0.3 is 5.71 Å². The molecule has 0 aliphatic carbocycles. The quantitative estimate of drug-likeness (QED) is 0.443. The summed E-state index contributed by atoms with van der Waals surface area (Å²) < 4.78 is 0. The number of aliphatic carboxylic acids is 1. The number of nitrogens with one attached hydrogen (secondary N) is 1. The molecule has 0 amide bonds. The van der Waals surface area contributed by atoms with Crippen molar-refractivity contribution in [3.05, 3.63) is 35.9 Å². The lowest BCUT2D eigenvalue weighted by Gasteiger charge is -2.07. The molecule has 0 spiro atoms. The van der Waals surface area contributed by atoms with Gasteiger partial charge in [-0.15, -0.1) is 0 Å². The summed E-state index contributed by atoms with van der Waals surface area (Å²) in [6, 6.07) is 9.52. The maximum Gasteiger partial charge on any atom is 0.364 e. The molecule has 1 aromatic carbocycles. The zero-order valence-corrected chi connectivity index (χ0v) is 8.43. The van der Waals surface area contributed by atoms with Gasteiger partial charge in [-0.1, -0.05) is 37.3 Å². The summed E-state index contributed by atoms with van der Waals surface area (Å²) in [4.78, 5) is 13.5. The normalized spacial score (nSPS) is 11.5. The van der Waals surface area contributed by atoms with Crippen LogP contribution in [0.15, 0.2) is 30.3 Å². The van der Waals surface area contributed by atoms with Crippen molar-refractivity contribution < 1.29 is 14.7 Å². The van der Waals surface area contributed by atoms with Gasteiger partial charge in [-0.05, 0) is 11.5 Å². The second kappa shape index (κ2) is 5.08. The van der Waals surface area contributed by atoms with E-state index in [2.05, 4.69) is 4.79 Å². The molecule has 4 heteroatoms. The van der Waals surface area contributed by atoms with Gasteiger partial charge in [-0.2, -0.15) is 0 Å². The first-order valence-corrected chi connectivity index (χ1v) is 4.64. The van der Waals surface area contributed by atoms with E-state index in [0.29, 0.717) is 0 Å². The van der Waals surface area contributed by atoms with Crippen LogP contribution in [0.5, 0.6) is 0 Å². The Labute approximate surface area is 87.8 Å². The fourth-order valence-electron chi connectivity index (χ4n) is 1.36. The van der Waals surface area contributed by atoms with Crippen LogP contribution < -0.4 is 5.11 Å². The molecule has 4 nitrogen and oxygen atoms in total. The molecule has 1 N–H and O–H groups in total. The minimum Gasteiger partial charge on any atom is -0.539 e. The summed E-state index contributed by atoms with van der Waals surface area (Å²) >= 11 is 0. The van der Waals surface area contributed by atoms with Gasteiger partial charge in [0, 0.05) is 0 Å². The van der Waals surface area contributed by atoms with Crippen LogP contribution in [-0.2, 0) is 4.79 Å². The van der Waals surface area contributed by atoms with E-state index in [9.17, 15) is 9.90 Å². The third kappa shape index (κ3) is 3.04. The lowest BCUT2D eigenvalue weighted by Crippen LogP contribution is -2.33. The Morgan fingerprint density at radius 3 is 2.53 bits per heavy atom. The lowest BCUT2D eigenvalue weighted by atomic mass is 9.95. The third-order valence-corrected chi connectivity index (χ3v) is 2.24. The van der Waals surface area contributed by atoms with E-state index < -0.39 is 5.97 Å². The number of nitrogens with zero attached hydrogens (tertiary/aromatic N) is 1. The highest BCUT2D eigenvalue weighted by atomic mass is 16.4. The summed E-state index contributed by atoms with van der Waals surface area (Å²) in [6.45, 7) is 1.89. The Hall–Kier alpha value is -1.93. The predicted molar refractivity (Wildman–Crippen MR) is 52.5 cm³/mol. The van der Waals surface area contributed by atoms with Crippen molar-refractivity contribution in [3.63, 3.8) is 0 Å². The Kier molecular flexibility index (Phi) is 3.77. The fraction of sp³-hybridized carbons (Fsp3) is 0.273. The SMILES string of the molecule is CC(CC(=[N+]=N)C(=O)[O-])c1ccccc1. The zero-order chi connectivity index (χ0) is 11.3. The monoisotopic (exact) mass is 204 g/mol. The second-order valence-electron chi connectivity index (χ2n) is 3.36. The van der Waals surface area contributed by atoms with Gasteiger partial charge in [0.2, 0.25) is 0 Å². The van der Waals surface area contributed by atoms with Crippen molar-refractivity contribution >= 4 is 11.7 Å². The summed E-state index contributed by atoms with van der Waals surface area (Å²) in [5.74, 6) is -1.35. The summed E-state index contributed by atoms with van der Waals surface area (Å²) in [5, 5.41) is 10.5. The zero-order valence-electron chi connectivity index (χ0n) is 8.43. The van der Waals surface area contributed by atoms with Gasteiger partial charge in [-0.3, -0.25) is 0 Å². The molecule has 0 radical (unpaired) electrons. The van der Waals surface area contributed by atoms with Crippen molar-refractivity contribution in [1.29, 1.82) is 5.53 Å². The number of benzene rings is 1. The second-order valence-corrected chi connectivity index (χ2v) is 3.36. The first-order valence-electron chi connectivity index (χ1n) is 4.64. The lowest BCUT2D eigenvalue weighted by molar-refractivity contribution is -0.299. The van der Waals surface area contributed by atoms with E-state index in [1.807, 2.05) is 37.3 Å². The molecule has 1 unspecified atom stereocenters. The van der Waals surface area contributed by atoms with Crippen LogP contribution in [0, 0.1) is 5.53 Å². The van der Waals surface area contributed by atoms with Crippen molar-refractivity contribution in [1.82, 2.24) is 0 Å². The molecule has 0 saturated heterocycles. The third-order valence-electron chi connectivity index (χ3n) is 2.24. The van der Waals surface area contributed by atoms with Gasteiger partial charge in [0.15, 0.2) is 5.97 Å². The Morgan fingerprint density at radius 2 is 2.07 bits per heavy atom. The molecular formula is C11H12N2O2. The van der Waals surface area contributed by atoms with E-state index in [-0.39, 0.29) is 18.1 Å². The van der Waals surface area contributed by atoms with E-state index >= 15 is 0 Å². The first kappa shape index (κ1) is 11.1. The van der Waals surface area contributed by atoms with Gasteiger partial charge < -0.3 is 9.90 Å². The molecule has 0 saturated carbocycles. The topological polar surface area (TPSA) is 78.1 Å². The van der Waals surface area contributed by atoms with Crippen molar-refractivity contribution in [2.45, 2.75) is 19.3 Å². The first-order chi connectivity index (χ1) is 7.15. The van der Waals surface area contributed by atoms with Crippen LogP contribution in [0.3, 0.4) is 0 Å². The molecule has 1 atom stereocenters. The van der Waals surface area contributed by atoms with Crippen LogP contribution >= 0.6 is 0 Å². The minimum atomic E-state index is -1.37. The summed E-state index contributed by atoms with van der Waals surface area (Å²) in [5.41, 5.74) is 7.52. The molecule has 0 bridgehead atoms. The average molecular weight is 204 g/mol. The number of carbonyl (C=O) groups is 1. The van der Waals surface area contributed by atoms with Crippen LogP contribution in [0.25, 0.3) is 0 Å². The van der Waals surface area contributed by atoms with E-state index in [1.54, 1.807) is 0 Å². The molecule has 0 aliphatic heterocycles. The van der Waals surface area contributed by atoms with Crippen LogP contribution in [0.1, 0.15) is 24.8 Å². The van der Waals surface area contributed by atoms with Crippen molar-refractivity contribution in [2.24, 2.45) is 0 Å². The van der Waals surface area contributed by atoms with Gasteiger partial charge in [-0.25, -0.2) is 0 Å². The molecule has 1 aromatic rings. The summed E-state index contributed by atoms with van der Waals surface area (Å²) in [6.07, 6.45) is 0.218. The molecule has 0 aromatic heterocycles. The fourth-order valence-corrected chi connectivity index (χ4v) is 1.36. The molecule has 78 valence electrons. The largest absolute Gasteiger partial charge is 0.539 e. The number of carboxylic acid groups (broad SMARTS) is 1. The van der Waals surface area contributed by atoms with Crippen molar-refractivity contribution in [3.8, 4) is 0 Å². The molecule has 1 rings (SSSR count). The van der Waals surface area contributed by atoms with Crippen LogP contribution in [0.4, 0.5) is 0 Å². The van der Waals surface area contributed by atoms with Gasteiger partial charge in [0.25, 0.3) is 0 Å². The summed E-state index contributed by atoms with van der Waals surface area (Å²) in [7, 11) is 0. The Morgan fingerprint density at radius 1 is 1.47 bits per heavy atom. The predicted octanol–water partition coefficient (Wildman–Crippen LogP) is 0.610. The van der Waals surface area contributed by atoms with Crippen LogP contribution in [-0.4, -0.2) is 16.5 Å². The standard InChI is InChI=1S/C11H12N2O2/c1-8(7-10(13-12)11(14)15)9-5-3-2-4-6-9/h2-6,8,12H,7H2,1H3. The highest BCUT2D eigenvalue weighted by Gasteiger charge is 2.18. The Balaban J connectivity index is 2.76. The highest BCUT2D eigenvalue weighted by Crippen LogP contribution is 2.18. The number of hydrogen-bond donors (Lipinski definition) is 1. The van der Waals surface area contributed by atoms with Crippen LogP contribution in [0.2, 0.25) is 0 Å². The molecule has 15 heavy (non-hydrogen) atoms. The van der Waals surface area contributed by atoms with Crippen molar-refractivity contribution in [2.75, 3.05) is 0 Å². The van der Waals surface area contributed by atoms with E-state index in [4.69, 9.17) is 5.53 Å². The van der Waals surface area contributed by atoms with E-state index in [0.717, 1.165) is 5.56 Å². The number of carboxylic acids is 1. The molecule has 0 fully saturated rings. The maximum absolute atomic E-state index is 10.5.